The summed E-state index contributed by atoms with van der Waals surface area (Å²) in [5, 5.41) is 8.08. The Balaban J connectivity index is 1.40. The molecule has 3 heterocycles. The number of thiophene rings is 1. The van der Waals surface area contributed by atoms with E-state index in [-0.39, 0.29) is 0 Å². The highest BCUT2D eigenvalue weighted by molar-refractivity contribution is 7.07. The van der Waals surface area contributed by atoms with Gasteiger partial charge in [0.15, 0.2) is 0 Å². The van der Waals surface area contributed by atoms with Crippen LogP contribution < -0.4 is 10.2 Å². The minimum Gasteiger partial charge on any atom is -0.357 e. The molecular weight excluding hydrogens is 266 g/mol. The first-order valence-corrected chi connectivity index (χ1v) is 8.26. The minimum absolute atomic E-state index is 0.661. The van der Waals surface area contributed by atoms with E-state index in [1.807, 2.05) is 12.3 Å². The molecule has 0 spiro atoms. The molecule has 1 saturated heterocycles. The average molecular weight is 287 g/mol. The summed E-state index contributed by atoms with van der Waals surface area (Å²) in [7, 11) is 0. The van der Waals surface area contributed by atoms with Gasteiger partial charge < -0.3 is 10.2 Å². The fourth-order valence-electron chi connectivity index (χ4n) is 2.71. The topological polar surface area (TPSA) is 28.2 Å². The molecule has 0 atom stereocenters. The Hall–Kier alpha value is -1.39. The van der Waals surface area contributed by atoms with Crippen LogP contribution in [0.5, 0.6) is 0 Å². The van der Waals surface area contributed by atoms with Crippen molar-refractivity contribution >= 4 is 17.2 Å². The van der Waals surface area contributed by atoms with Crippen LogP contribution in [0.15, 0.2) is 41.2 Å². The first-order valence-electron chi connectivity index (χ1n) is 7.32. The molecule has 4 heteroatoms. The summed E-state index contributed by atoms with van der Waals surface area (Å²) in [4.78, 5) is 6.82. The summed E-state index contributed by atoms with van der Waals surface area (Å²) in [6.07, 6.45) is 5.44. The van der Waals surface area contributed by atoms with Crippen molar-refractivity contribution in [2.45, 2.75) is 25.3 Å². The molecule has 0 bridgehead atoms. The summed E-state index contributed by atoms with van der Waals surface area (Å²) in [5.74, 6) is 1.12. The molecule has 1 N–H and O–H groups in total. The van der Waals surface area contributed by atoms with Crippen LogP contribution in [0.2, 0.25) is 0 Å². The summed E-state index contributed by atoms with van der Waals surface area (Å²) >= 11 is 1.78. The molecule has 0 amide bonds. The van der Waals surface area contributed by atoms with Gasteiger partial charge in [0.25, 0.3) is 0 Å². The normalized spacial score (nSPS) is 16.5. The molecule has 1 aliphatic rings. The van der Waals surface area contributed by atoms with Crippen molar-refractivity contribution in [3.05, 3.63) is 46.8 Å². The van der Waals surface area contributed by atoms with Crippen LogP contribution in [-0.2, 0) is 6.42 Å². The number of aromatic nitrogens is 1. The molecule has 1 fully saturated rings. The molecule has 0 saturated carbocycles. The zero-order valence-electron chi connectivity index (χ0n) is 11.7. The van der Waals surface area contributed by atoms with E-state index in [9.17, 15) is 0 Å². The van der Waals surface area contributed by atoms with Gasteiger partial charge in [-0.05, 0) is 60.3 Å². The quantitative estimate of drug-likeness (QED) is 0.916. The van der Waals surface area contributed by atoms with Crippen molar-refractivity contribution in [1.82, 2.24) is 10.3 Å². The van der Waals surface area contributed by atoms with Gasteiger partial charge in [0.1, 0.15) is 5.82 Å². The molecule has 2 aromatic heterocycles. The Kier molecular flexibility index (Phi) is 4.66. The number of hydrogen-bond acceptors (Lipinski definition) is 4. The largest absolute Gasteiger partial charge is 0.357 e. The van der Waals surface area contributed by atoms with Crippen molar-refractivity contribution in [3.8, 4) is 0 Å². The second-order valence-electron chi connectivity index (χ2n) is 5.28. The smallest absolute Gasteiger partial charge is 0.128 e. The Bertz CT molecular complexity index is 490. The van der Waals surface area contributed by atoms with Crippen LogP contribution >= 0.6 is 11.3 Å². The second-order valence-corrected chi connectivity index (χ2v) is 6.07. The predicted octanol–water partition coefficient (Wildman–Crippen LogP) is 2.94. The fourth-order valence-corrected chi connectivity index (χ4v) is 3.41. The van der Waals surface area contributed by atoms with Crippen molar-refractivity contribution < 1.29 is 0 Å². The van der Waals surface area contributed by atoms with Crippen molar-refractivity contribution in [2.24, 2.45) is 0 Å². The lowest BCUT2D eigenvalue weighted by molar-refractivity contribution is 0.416. The van der Waals surface area contributed by atoms with Crippen LogP contribution in [-0.4, -0.2) is 30.7 Å². The minimum atomic E-state index is 0.661. The standard InChI is InChI=1S/C16H21N3S/c1-2-8-18-16(3-1)19-10-5-15(6-11-19)17-9-4-14-7-12-20-13-14/h1-3,7-8,12-13,15,17H,4-6,9-11H2. The summed E-state index contributed by atoms with van der Waals surface area (Å²) in [5.41, 5.74) is 1.45. The van der Waals surface area contributed by atoms with E-state index in [0.29, 0.717) is 6.04 Å². The number of nitrogens with zero attached hydrogens (tertiary/aromatic N) is 2. The molecule has 2 aromatic rings. The molecule has 106 valence electrons. The number of piperidine rings is 1. The first kappa shape index (κ1) is 13.6. The maximum absolute atomic E-state index is 4.43. The maximum Gasteiger partial charge on any atom is 0.128 e. The number of anilines is 1. The zero-order chi connectivity index (χ0) is 13.6. The van der Waals surface area contributed by atoms with Crippen molar-refractivity contribution in [1.29, 1.82) is 0 Å². The average Bonchev–Trinajstić information content (AvgIpc) is 3.02. The van der Waals surface area contributed by atoms with Gasteiger partial charge in [0.2, 0.25) is 0 Å². The van der Waals surface area contributed by atoms with Crippen molar-refractivity contribution in [3.63, 3.8) is 0 Å². The van der Waals surface area contributed by atoms with Crippen LogP contribution in [0.4, 0.5) is 5.82 Å². The van der Waals surface area contributed by atoms with Gasteiger partial charge in [-0.3, -0.25) is 0 Å². The van der Waals surface area contributed by atoms with Crippen LogP contribution in [0, 0.1) is 0 Å². The van der Waals surface area contributed by atoms with E-state index in [2.05, 4.69) is 44.2 Å². The SMILES string of the molecule is c1ccc(N2CCC(NCCc3ccsc3)CC2)nc1. The predicted molar refractivity (Wildman–Crippen MR) is 85.5 cm³/mol. The lowest BCUT2D eigenvalue weighted by Crippen LogP contribution is -2.43. The zero-order valence-corrected chi connectivity index (χ0v) is 12.5. The highest BCUT2D eigenvalue weighted by Crippen LogP contribution is 2.17. The molecular formula is C16H21N3S. The highest BCUT2D eigenvalue weighted by Gasteiger charge is 2.19. The Morgan fingerprint density at radius 2 is 2.15 bits per heavy atom. The van der Waals surface area contributed by atoms with Gasteiger partial charge in [-0.2, -0.15) is 11.3 Å². The van der Waals surface area contributed by atoms with E-state index in [1.54, 1.807) is 11.3 Å². The summed E-state index contributed by atoms with van der Waals surface area (Å²) in [6.45, 7) is 3.30. The van der Waals surface area contributed by atoms with Crippen LogP contribution in [0.25, 0.3) is 0 Å². The van der Waals surface area contributed by atoms with E-state index >= 15 is 0 Å². The number of nitrogens with one attached hydrogen (secondary N) is 1. The lowest BCUT2D eigenvalue weighted by atomic mass is 10.0. The van der Waals surface area contributed by atoms with E-state index in [0.717, 1.165) is 31.9 Å². The highest BCUT2D eigenvalue weighted by atomic mass is 32.1. The summed E-state index contributed by atoms with van der Waals surface area (Å²) < 4.78 is 0. The van der Waals surface area contributed by atoms with Gasteiger partial charge in [-0.25, -0.2) is 4.98 Å². The molecule has 0 aliphatic carbocycles. The van der Waals surface area contributed by atoms with E-state index in [4.69, 9.17) is 0 Å². The monoisotopic (exact) mass is 287 g/mol. The fraction of sp³-hybridized carbons (Fsp3) is 0.438. The summed E-state index contributed by atoms with van der Waals surface area (Å²) in [6, 6.07) is 9.02. The Labute approximate surface area is 124 Å². The number of hydrogen-bond donors (Lipinski definition) is 1. The third-order valence-corrected chi connectivity index (χ3v) is 4.63. The van der Waals surface area contributed by atoms with Gasteiger partial charge in [0.05, 0.1) is 0 Å². The third kappa shape index (κ3) is 3.58. The number of pyridine rings is 1. The molecule has 0 aromatic carbocycles. The van der Waals surface area contributed by atoms with Crippen molar-refractivity contribution in [2.75, 3.05) is 24.5 Å². The van der Waals surface area contributed by atoms with Gasteiger partial charge in [-0.1, -0.05) is 6.07 Å². The molecule has 20 heavy (non-hydrogen) atoms. The van der Waals surface area contributed by atoms with E-state index in [1.165, 1.54) is 18.4 Å². The first-order chi connectivity index (χ1) is 9.92. The van der Waals surface area contributed by atoms with Gasteiger partial charge in [0, 0.05) is 25.3 Å². The third-order valence-electron chi connectivity index (χ3n) is 3.90. The lowest BCUT2D eigenvalue weighted by Gasteiger charge is -2.33. The Morgan fingerprint density at radius 3 is 2.85 bits per heavy atom. The molecule has 0 unspecified atom stereocenters. The molecule has 0 radical (unpaired) electrons. The van der Waals surface area contributed by atoms with Gasteiger partial charge >= 0.3 is 0 Å². The molecule has 3 rings (SSSR count). The van der Waals surface area contributed by atoms with E-state index < -0.39 is 0 Å². The second kappa shape index (κ2) is 6.86. The van der Waals surface area contributed by atoms with Crippen LogP contribution in [0.3, 0.4) is 0 Å². The molecule has 3 nitrogen and oxygen atoms in total. The Morgan fingerprint density at radius 1 is 1.25 bits per heavy atom. The number of rotatable bonds is 5. The maximum atomic E-state index is 4.43. The molecule has 1 aliphatic heterocycles. The van der Waals surface area contributed by atoms with Gasteiger partial charge in [-0.15, -0.1) is 0 Å². The van der Waals surface area contributed by atoms with Crippen LogP contribution in [0.1, 0.15) is 18.4 Å².